The molecule has 10 nitrogen and oxygen atoms in total. The van der Waals surface area contributed by atoms with Gasteiger partial charge in [-0.1, -0.05) is 165 Å². The van der Waals surface area contributed by atoms with Gasteiger partial charge in [-0.15, -0.1) is 0 Å². The van der Waals surface area contributed by atoms with E-state index < -0.39 is 57.8 Å². The molecule has 0 aromatic heterocycles. The van der Waals surface area contributed by atoms with Crippen LogP contribution in [0.5, 0.6) is 0 Å². The van der Waals surface area contributed by atoms with E-state index in [0.717, 1.165) is 11.1 Å². The summed E-state index contributed by atoms with van der Waals surface area (Å²) < 4.78 is 94.4. The number of hydrogen-bond donors (Lipinski definition) is 1. The molecule has 2 aliphatic rings. The Balaban J connectivity index is 1.64. The molecule has 0 spiro atoms. The Hall–Kier alpha value is -4.75. The molecule has 0 aliphatic carbocycles. The van der Waals surface area contributed by atoms with Crippen molar-refractivity contribution in [3.8, 4) is 0 Å². The Morgan fingerprint density at radius 2 is 0.768 bits per heavy atom. The van der Waals surface area contributed by atoms with Crippen LogP contribution in [0.4, 0.5) is 0 Å². The van der Waals surface area contributed by atoms with Gasteiger partial charge in [0.2, 0.25) is 0 Å². The van der Waals surface area contributed by atoms with Gasteiger partial charge in [0.1, 0.15) is 30.1 Å². The molecular weight excluding hydrogens is 768 g/mol. The Morgan fingerprint density at radius 3 is 1.04 bits per heavy atom. The standard InChI is InChI=1S/C43H39N2O8PS2/c1-32-23-27-38(28-24-32)55(48,49)44-42(34-15-7-3-8-16-34,35-17-9-4-10-18-35)40-41(53-31-52-40)43(36-19-11-5-12-20-36,37-21-13-6-14-22-37)45(54(44,46)47)56(50,51)39-29-25-33(2)26-30-39/h3-30,40-41H,31H2,1-2H3,(H,46,47). The van der Waals surface area contributed by atoms with Gasteiger partial charge in [-0.25, -0.2) is 16.8 Å². The van der Waals surface area contributed by atoms with E-state index in [1.165, 1.54) is 24.3 Å². The van der Waals surface area contributed by atoms with Crippen molar-refractivity contribution in [3.05, 3.63) is 203 Å². The molecule has 0 saturated carbocycles. The summed E-state index contributed by atoms with van der Waals surface area (Å²) in [4.78, 5) is 12.9. The van der Waals surface area contributed by atoms with Crippen molar-refractivity contribution in [2.45, 2.75) is 46.9 Å². The molecular formula is C43H39N2O8PS2. The highest BCUT2D eigenvalue weighted by Crippen LogP contribution is 2.71. The topological polar surface area (TPSA) is 131 Å². The zero-order valence-electron chi connectivity index (χ0n) is 30.5. The van der Waals surface area contributed by atoms with Gasteiger partial charge in [0, 0.05) is 0 Å². The highest BCUT2D eigenvalue weighted by molar-refractivity contribution is 7.99. The predicted octanol–water partition coefficient (Wildman–Crippen LogP) is 7.73. The van der Waals surface area contributed by atoms with Gasteiger partial charge in [0.15, 0.2) is 0 Å². The number of rotatable bonds is 8. The highest BCUT2D eigenvalue weighted by atomic mass is 32.2. The summed E-state index contributed by atoms with van der Waals surface area (Å²) in [6, 6.07) is 45.4. The van der Waals surface area contributed by atoms with Crippen LogP contribution in [0.3, 0.4) is 0 Å². The van der Waals surface area contributed by atoms with E-state index >= 15 is 21.4 Å². The lowest BCUT2D eigenvalue weighted by molar-refractivity contribution is 0.00538. The van der Waals surface area contributed by atoms with Crippen LogP contribution in [0.15, 0.2) is 180 Å². The van der Waals surface area contributed by atoms with Crippen LogP contribution in [0, 0.1) is 13.8 Å². The molecule has 6 aromatic rings. The van der Waals surface area contributed by atoms with E-state index in [0.29, 0.717) is 8.15 Å². The van der Waals surface area contributed by atoms with Gasteiger partial charge in [-0.3, -0.25) is 4.57 Å². The van der Waals surface area contributed by atoms with E-state index in [1.807, 2.05) is 0 Å². The number of ether oxygens (including phenoxy) is 2. The summed E-state index contributed by atoms with van der Waals surface area (Å²) in [5.41, 5.74) is -1.97. The van der Waals surface area contributed by atoms with E-state index in [4.69, 9.17) is 9.47 Å². The first-order chi connectivity index (χ1) is 26.9. The second-order valence-corrected chi connectivity index (χ2v) is 19.9. The van der Waals surface area contributed by atoms with Crippen molar-refractivity contribution in [1.82, 2.24) is 8.15 Å². The fourth-order valence-electron chi connectivity index (χ4n) is 8.22. The summed E-state index contributed by atoms with van der Waals surface area (Å²) in [5.74, 6) is 0. The molecule has 8 rings (SSSR count). The first kappa shape index (κ1) is 38.1. The minimum absolute atomic E-state index is 0.251. The number of fused-ring (bicyclic) bond motifs is 1. The van der Waals surface area contributed by atoms with Crippen molar-refractivity contribution >= 4 is 27.7 Å². The predicted molar refractivity (Wildman–Crippen MR) is 212 cm³/mol. The largest absolute Gasteiger partial charge is 0.373 e. The fraction of sp³-hybridized carbons (Fsp3) is 0.163. The Labute approximate surface area is 327 Å². The summed E-state index contributed by atoms with van der Waals surface area (Å²) in [6.45, 7) is 3.18. The second-order valence-electron chi connectivity index (χ2n) is 13.9. The van der Waals surface area contributed by atoms with E-state index in [-0.39, 0.29) is 32.0 Å². The summed E-state index contributed by atoms with van der Waals surface area (Å²) in [6.07, 6.45) is -2.90. The average molecular weight is 807 g/mol. The van der Waals surface area contributed by atoms with Gasteiger partial charge in [-0.2, -0.15) is 0 Å². The maximum absolute atomic E-state index is 16.8. The molecule has 2 atom stereocenters. The van der Waals surface area contributed by atoms with Crippen LogP contribution in [0.1, 0.15) is 33.4 Å². The van der Waals surface area contributed by atoms with Crippen LogP contribution in [0.25, 0.3) is 0 Å². The third-order valence-corrected chi connectivity index (χ3v) is 18.0. The van der Waals surface area contributed by atoms with Crippen LogP contribution in [-0.2, 0) is 45.2 Å². The van der Waals surface area contributed by atoms with Crippen LogP contribution in [-0.4, -0.2) is 48.9 Å². The van der Waals surface area contributed by atoms with E-state index in [1.54, 1.807) is 159 Å². The van der Waals surface area contributed by atoms with E-state index in [2.05, 4.69) is 0 Å². The van der Waals surface area contributed by atoms with Crippen LogP contribution in [0.2, 0.25) is 0 Å². The molecule has 56 heavy (non-hydrogen) atoms. The number of nitrogens with zero attached hydrogens (tertiary/aromatic N) is 2. The first-order valence-corrected chi connectivity index (χ1v) is 22.4. The summed E-state index contributed by atoms with van der Waals surface area (Å²) in [5, 5.41) is 0. The number of benzene rings is 6. The molecule has 2 fully saturated rings. The van der Waals surface area contributed by atoms with Crippen LogP contribution >= 0.6 is 7.67 Å². The summed E-state index contributed by atoms with van der Waals surface area (Å²) in [7, 11) is -16.4. The molecule has 0 amide bonds. The average Bonchev–Trinajstić information content (AvgIpc) is 3.68. The lowest BCUT2D eigenvalue weighted by atomic mass is 9.69. The van der Waals surface area contributed by atoms with Crippen molar-refractivity contribution in [3.63, 3.8) is 0 Å². The maximum atomic E-state index is 16.8. The summed E-state index contributed by atoms with van der Waals surface area (Å²) >= 11 is 0. The quantitative estimate of drug-likeness (QED) is 0.155. The lowest BCUT2D eigenvalue weighted by Crippen LogP contribution is -2.60. The van der Waals surface area contributed by atoms with Crippen molar-refractivity contribution in [2.75, 3.05) is 6.79 Å². The number of aryl methyl sites for hydroxylation is 2. The zero-order valence-corrected chi connectivity index (χ0v) is 33.0. The third kappa shape index (κ3) is 5.75. The monoisotopic (exact) mass is 806 g/mol. The zero-order chi connectivity index (χ0) is 39.3. The minimum atomic E-state index is -6.08. The van der Waals surface area contributed by atoms with Crippen LogP contribution < -0.4 is 0 Å². The molecule has 13 heteroatoms. The molecule has 0 bridgehead atoms. The highest BCUT2D eigenvalue weighted by Gasteiger charge is 2.76. The van der Waals surface area contributed by atoms with E-state index in [9.17, 15) is 4.89 Å². The molecule has 2 unspecified atom stereocenters. The molecule has 2 saturated heterocycles. The molecule has 2 aliphatic heterocycles. The minimum Gasteiger partial charge on any atom is -0.347 e. The molecule has 1 N–H and O–H groups in total. The first-order valence-electron chi connectivity index (χ1n) is 17.9. The third-order valence-electron chi connectivity index (χ3n) is 10.6. The van der Waals surface area contributed by atoms with Gasteiger partial charge in [-0.05, 0) is 60.4 Å². The molecule has 6 aromatic carbocycles. The maximum Gasteiger partial charge on any atom is 0.373 e. The van der Waals surface area contributed by atoms with Gasteiger partial charge >= 0.3 is 7.67 Å². The molecule has 0 radical (unpaired) electrons. The lowest BCUT2D eigenvalue weighted by Gasteiger charge is -2.47. The Bertz CT molecular complexity index is 2360. The Morgan fingerprint density at radius 1 is 0.500 bits per heavy atom. The molecule has 286 valence electrons. The van der Waals surface area contributed by atoms with Crippen molar-refractivity contribution < 1.29 is 35.8 Å². The molecule has 2 heterocycles. The van der Waals surface area contributed by atoms with Crippen molar-refractivity contribution in [2.24, 2.45) is 0 Å². The van der Waals surface area contributed by atoms with Gasteiger partial charge in [0.05, 0.1) is 9.79 Å². The van der Waals surface area contributed by atoms with Crippen molar-refractivity contribution in [1.29, 1.82) is 0 Å². The SMILES string of the molecule is Cc1ccc(S(=O)(=O)N2C(c3ccccc3)(c3ccccc3)C3OCOC3C(c3ccccc3)(c3ccccc3)N(S(=O)(=O)c3ccc(C)cc3)P2(=O)O)cc1. The smallest absolute Gasteiger partial charge is 0.347 e. The number of sulfonamides is 2. The second kappa shape index (κ2) is 14.3. The normalized spacial score (nSPS) is 22.6. The van der Waals surface area contributed by atoms with Gasteiger partial charge < -0.3 is 14.4 Å². The number of hydrogen-bond acceptors (Lipinski definition) is 7. The Kier molecular flexibility index (Phi) is 9.75. The fourth-order valence-corrected chi connectivity index (χ4v) is 16.0. The van der Waals surface area contributed by atoms with Gasteiger partial charge in [0.25, 0.3) is 20.0 Å².